The van der Waals surface area contributed by atoms with Crippen LogP contribution in [-0.2, 0) is 4.79 Å². The monoisotopic (exact) mass is 368 g/mol. The summed E-state index contributed by atoms with van der Waals surface area (Å²) in [5, 5.41) is 0. The topological polar surface area (TPSA) is 42.0 Å². The molecule has 0 saturated carbocycles. The van der Waals surface area contributed by atoms with Gasteiger partial charge >= 0.3 is 0 Å². The molecular weight excluding hydrogens is 340 g/mol. The fraction of sp³-hybridized carbons (Fsp3) is 0.409. The lowest BCUT2D eigenvalue weighted by atomic mass is 10.1. The molecule has 1 aliphatic heterocycles. The van der Waals surface area contributed by atoms with Crippen LogP contribution in [0, 0.1) is 6.92 Å². The molecule has 144 valence electrons. The van der Waals surface area contributed by atoms with E-state index in [1.807, 2.05) is 61.2 Å². The molecule has 0 spiro atoms. The third kappa shape index (κ3) is 4.35. The Morgan fingerprint density at radius 2 is 1.63 bits per heavy atom. The van der Waals surface area contributed by atoms with Crippen molar-refractivity contribution < 1.29 is 14.3 Å². The summed E-state index contributed by atoms with van der Waals surface area (Å²) in [6, 6.07) is 15.8. The van der Waals surface area contributed by atoms with Crippen LogP contribution in [0.25, 0.3) is 0 Å². The van der Waals surface area contributed by atoms with Crippen molar-refractivity contribution in [2.75, 3.05) is 38.2 Å². The van der Waals surface area contributed by atoms with Crippen molar-refractivity contribution >= 4 is 11.6 Å². The van der Waals surface area contributed by atoms with Gasteiger partial charge < -0.3 is 19.3 Å². The van der Waals surface area contributed by atoms with Gasteiger partial charge in [0.05, 0.1) is 12.8 Å². The number of hydrogen-bond acceptors (Lipinski definition) is 4. The molecule has 0 aliphatic carbocycles. The van der Waals surface area contributed by atoms with Gasteiger partial charge in [0.2, 0.25) is 0 Å². The van der Waals surface area contributed by atoms with E-state index in [9.17, 15) is 4.79 Å². The molecule has 0 bridgehead atoms. The first-order valence-electron chi connectivity index (χ1n) is 9.53. The molecule has 1 fully saturated rings. The highest BCUT2D eigenvalue weighted by molar-refractivity contribution is 5.81. The molecule has 5 nitrogen and oxygen atoms in total. The number of anilines is 1. The summed E-state index contributed by atoms with van der Waals surface area (Å²) < 4.78 is 11.5. The maximum absolute atomic E-state index is 13.0. The van der Waals surface area contributed by atoms with E-state index in [1.54, 1.807) is 7.11 Å². The third-order valence-electron chi connectivity index (χ3n) is 5.03. The summed E-state index contributed by atoms with van der Waals surface area (Å²) in [5.74, 6) is 1.72. The van der Waals surface area contributed by atoms with E-state index in [4.69, 9.17) is 9.47 Å². The normalized spacial score (nSPS) is 15.4. The molecule has 0 unspecified atom stereocenters. The van der Waals surface area contributed by atoms with Crippen LogP contribution in [0.15, 0.2) is 48.5 Å². The van der Waals surface area contributed by atoms with Crippen LogP contribution in [0.3, 0.4) is 0 Å². The second-order valence-electron chi connectivity index (χ2n) is 6.76. The van der Waals surface area contributed by atoms with Crippen LogP contribution >= 0.6 is 0 Å². The molecular formula is C22H28N2O3. The number of rotatable bonds is 6. The van der Waals surface area contributed by atoms with Crippen LogP contribution in [0.2, 0.25) is 0 Å². The zero-order valence-electron chi connectivity index (χ0n) is 16.4. The smallest absolute Gasteiger partial charge is 0.263 e. The molecule has 0 N–H and O–H groups in total. The molecule has 1 atom stereocenters. The molecule has 1 heterocycles. The number of nitrogens with zero attached hydrogens (tertiary/aromatic N) is 2. The van der Waals surface area contributed by atoms with E-state index < -0.39 is 6.10 Å². The number of methoxy groups -OCH3 is 1. The van der Waals surface area contributed by atoms with Crippen molar-refractivity contribution in [2.24, 2.45) is 0 Å². The summed E-state index contributed by atoms with van der Waals surface area (Å²) in [7, 11) is 1.69. The van der Waals surface area contributed by atoms with Crippen molar-refractivity contribution in [1.82, 2.24) is 4.90 Å². The number of amides is 1. The Balaban J connectivity index is 1.62. The lowest BCUT2D eigenvalue weighted by Crippen LogP contribution is -2.52. The minimum atomic E-state index is -0.441. The van der Waals surface area contributed by atoms with E-state index in [2.05, 4.69) is 11.0 Å². The van der Waals surface area contributed by atoms with Crippen LogP contribution < -0.4 is 14.4 Å². The van der Waals surface area contributed by atoms with Crippen LogP contribution in [0.4, 0.5) is 5.69 Å². The zero-order valence-corrected chi connectivity index (χ0v) is 16.4. The van der Waals surface area contributed by atoms with Gasteiger partial charge in [-0.05, 0) is 37.1 Å². The number of hydrogen-bond donors (Lipinski definition) is 0. The second-order valence-corrected chi connectivity index (χ2v) is 6.76. The van der Waals surface area contributed by atoms with Crippen LogP contribution in [0.1, 0.15) is 18.9 Å². The summed E-state index contributed by atoms with van der Waals surface area (Å²) in [4.78, 5) is 17.2. The summed E-state index contributed by atoms with van der Waals surface area (Å²) >= 11 is 0. The maximum atomic E-state index is 13.0. The number of carbonyl (C=O) groups is 1. The highest BCUT2D eigenvalue weighted by Gasteiger charge is 2.28. The van der Waals surface area contributed by atoms with E-state index in [1.165, 1.54) is 0 Å². The standard InChI is InChI=1S/C22H28N2O3/c1-4-19(27-20-11-7-5-9-17(20)2)22(25)24-15-13-23(14-16-24)18-10-6-8-12-21(18)26-3/h5-12,19H,4,13-16H2,1-3H3/t19-/m0/s1. The second kappa shape index (κ2) is 8.80. The predicted octanol–water partition coefficient (Wildman–Crippen LogP) is 3.51. The van der Waals surface area contributed by atoms with Crippen molar-refractivity contribution in [3.05, 3.63) is 54.1 Å². The van der Waals surface area contributed by atoms with Gasteiger partial charge in [0, 0.05) is 26.2 Å². The van der Waals surface area contributed by atoms with Gasteiger partial charge in [-0.2, -0.15) is 0 Å². The molecule has 3 rings (SSSR count). The number of para-hydroxylation sites is 3. The Kier molecular flexibility index (Phi) is 6.22. The maximum Gasteiger partial charge on any atom is 0.263 e. The number of aryl methyl sites for hydroxylation is 1. The van der Waals surface area contributed by atoms with Crippen molar-refractivity contribution in [3.8, 4) is 11.5 Å². The lowest BCUT2D eigenvalue weighted by Gasteiger charge is -2.37. The molecule has 2 aromatic rings. The highest BCUT2D eigenvalue weighted by Crippen LogP contribution is 2.28. The van der Waals surface area contributed by atoms with E-state index in [-0.39, 0.29) is 5.91 Å². The number of carbonyl (C=O) groups excluding carboxylic acids is 1. The molecule has 0 radical (unpaired) electrons. The Hall–Kier alpha value is -2.69. The first kappa shape index (κ1) is 19.1. The highest BCUT2D eigenvalue weighted by atomic mass is 16.5. The van der Waals surface area contributed by atoms with Crippen LogP contribution in [0.5, 0.6) is 11.5 Å². The van der Waals surface area contributed by atoms with Gasteiger partial charge in [0.15, 0.2) is 6.10 Å². The van der Waals surface area contributed by atoms with Gasteiger partial charge in [-0.1, -0.05) is 37.3 Å². The van der Waals surface area contributed by atoms with Crippen LogP contribution in [-0.4, -0.2) is 50.2 Å². The van der Waals surface area contributed by atoms with Gasteiger partial charge in [0.1, 0.15) is 11.5 Å². The Morgan fingerprint density at radius 3 is 2.26 bits per heavy atom. The summed E-state index contributed by atoms with van der Waals surface area (Å²) in [6.07, 6.45) is 0.212. The molecule has 1 saturated heterocycles. The van der Waals surface area contributed by atoms with E-state index in [0.717, 1.165) is 35.8 Å². The van der Waals surface area contributed by atoms with Gasteiger partial charge in [-0.15, -0.1) is 0 Å². The zero-order chi connectivity index (χ0) is 19.2. The van der Waals surface area contributed by atoms with Gasteiger partial charge in [0.25, 0.3) is 5.91 Å². The minimum absolute atomic E-state index is 0.0698. The first-order valence-corrected chi connectivity index (χ1v) is 9.53. The Labute approximate surface area is 161 Å². The summed E-state index contributed by atoms with van der Waals surface area (Å²) in [6.45, 7) is 6.93. The molecule has 1 amide bonds. The summed E-state index contributed by atoms with van der Waals surface area (Å²) in [5.41, 5.74) is 2.13. The molecule has 5 heteroatoms. The molecule has 27 heavy (non-hydrogen) atoms. The fourth-order valence-electron chi connectivity index (χ4n) is 3.41. The largest absolute Gasteiger partial charge is 0.495 e. The molecule has 1 aliphatic rings. The van der Waals surface area contributed by atoms with E-state index >= 15 is 0 Å². The van der Waals surface area contributed by atoms with E-state index in [0.29, 0.717) is 19.5 Å². The minimum Gasteiger partial charge on any atom is -0.495 e. The quantitative estimate of drug-likeness (QED) is 0.783. The first-order chi connectivity index (χ1) is 13.1. The Morgan fingerprint density at radius 1 is 1.00 bits per heavy atom. The average molecular weight is 368 g/mol. The van der Waals surface area contributed by atoms with Crippen molar-refractivity contribution in [1.29, 1.82) is 0 Å². The average Bonchev–Trinajstić information content (AvgIpc) is 2.73. The van der Waals surface area contributed by atoms with Crippen molar-refractivity contribution in [3.63, 3.8) is 0 Å². The van der Waals surface area contributed by atoms with Gasteiger partial charge in [-0.25, -0.2) is 0 Å². The number of ether oxygens (including phenoxy) is 2. The number of benzene rings is 2. The molecule has 0 aromatic heterocycles. The van der Waals surface area contributed by atoms with Gasteiger partial charge in [-0.3, -0.25) is 4.79 Å². The van der Waals surface area contributed by atoms with Crippen molar-refractivity contribution in [2.45, 2.75) is 26.4 Å². The Bertz CT molecular complexity index is 770. The SMILES string of the molecule is CC[C@H](Oc1ccccc1C)C(=O)N1CCN(c2ccccc2OC)CC1. The lowest BCUT2D eigenvalue weighted by molar-refractivity contribution is -0.139. The fourth-order valence-corrected chi connectivity index (χ4v) is 3.41. The predicted molar refractivity (Wildman–Crippen MR) is 108 cm³/mol. The molecule has 2 aromatic carbocycles. The number of piperazine rings is 1. The third-order valence-corrected chi connectivity index (χ3v) is 5.03.